The monoisotopic (exact) mass is 232 g/mol. The van der Waals surface area contributed by atoms with Crippen LogP contribution in [0, 0.1) is 0 Å². The SMILES string of the molecule is CC(C)=C(C)CC(=O)NCCc1ccccn1. The summed E-state index contributed by atoms with van der Waals surface area (Å²) in [5, 5.41) is 2.90. The average molecular weight is 232 g/mol. The molecule has 1 rings (SSSR count). The van der Waals surface area contributed by atoms with Crippen LogP contribution in [0.15, 0.2) is 35.5 Å². The van der Waals surface area contributed by atoms with Crippen LogP contribution in [0.1, 0.15) is 32.9 Å². The maximum Gasteiger partial charge on any atom is 0.224 e. The Hall–Kier alpha value is -1.64. The quantitative estimate of drug-likeness (QED) is 0.792. The lowest BCUT2D eigenvalue weighted by molar-refractivity contribution is -0.120. The van der Waals surface area contributed by atoms with E-state index in [1.807, 2.05) is 39.0 Å². The Bertz CT molecular complexity index is 392. The molecule has 0 bridgehead atoms. The number of nitrogens with one attached hydrogen (secondary N) is 1. The highest BCUT2D eigenvalue weighted by molar-refractivity contribution is 5.78. The highest BCUT2D eigenvalue weighted by atomic mass is 16.1. The number of carbonyl (C=O) groups is 1. The second-order valence-corrected chi connectivity index (χ2v) is 4.38. The van der Waals surface area contributed by atoms with Crippen LogP contribution in [-0.2, 0) is 11.2 Å². The molecule has 0 aliphatic carbocycles. The van der Waals surface area contributed by atoms with E-state index in [4.69, 9.17) is 0 Å². The first-order valence-electron chi connectivity index (χ1n) is 5.89. The van der Waals surface area contributed by atoms with Crippen molar-refractivity contribution in [3.63, 3.8) is 0 Å². The predicted octanol–water partition coefficient (Wildman–Crippen LogP) is 2.49. The van der Waals surface area contributed by atoms with Crippen molar-refractivity contribution in [3.8, 4) is 0 Å². The number of nitrogens with zero attached hydrogens (tertiary/aromatic N) is 1. The third kappa shape index (κ3) is 5.29. The van der Waals surface area contributed by atoms with Gasteiger partial charge < -0.3 is 5.32 Å². The van der Waals surface area contributed by atoms with Gasteiger partial charge in [-0.25, -0.2) is 0 Å². The maximum absolute atomic E-state index is 11.6. The third-order valence-corrected chi connectivity index (χ3v) is 2.71. The first kappa shape index (κ1) is 13.4. The van der Waals surface area contributed by atoms with Crippen molar-refractivity contribution in [2.75, 3.05) is 6.54 Å². The molecule has 1 aromatic rings. The fourth-order valence-corrected chi connectivity index (χ4v) is 1.36. The van der Waals surface area contributed by atoms with Crippen molar-refractivity contribution in [2.45, 2.75) is 33.6 Å². The van der Waals surface area contributed by atoms with Gasteiger partial charge in [0, 0.05) is 31.3 Å². The number of hydrogen-bond acceptors (Lipinski definition) is 2. The third-order valence-electron chi connectivity index (χ3n) is 2.71. The fourth-order valence-electron chi connectivity index (χ4n) is 1.36. The lowest BCUT2D eigenvalue weighted by atomic mass is 10.1. The highest BCUT2D eigenvalue weighted by Crippen LogP contribution is 2.06. The summed E-state index contributed by atoms with van der Waals surface area (Å²) in [6.07, 6.45) is 3.04. The van der Waals surface area contributed by atoms with Crippen LogP contribution in [0.4, 0.5) is 0 Å². The Morgan fingerprint density at radius 3 is 2.65 bits per heavy atom. The summed E-state index contributed by atoms with van der Waals surface area (Å²) in [5.41, 5.74) is 3.36. The molecule has 0 fully saturated rings. The Morgan fingerprint density at radius 1 is 1.29 bits per heavy atom. The Balaban J connectivity index is 2.28. The van der Waals surface area contributed by atoms with Crippen LogP contribution in [0.25, 0.3) is 0 Å². The van der Waals surface area contributed by atoms with Crippen molar-refractivity contribution < 1.29 is 4.79 Å². The van der Waals surface area contributed by atoms with E-state index in [-0.39, 0.29) is 5.91 Å². The molecule has 0 spiro atoms. The minimum atomic E-state index is 0.0830. The number of carbonyl (C=O) groups excluding carboxylic acids is 1. The second-order valence-electron chi connectivity index (χ2n) is 4.38. The molecule has 0 saturated carbocycles. The van der Waals surface area contributed by atoms with Crippen molar-refractivity contribution in [3.05, 3.63) is 41.2 Å². The number of allylic oxidation sites excluding steroid dienone is 1. The molecule has 0 unspecified atom stereocenters. The van der Waals surface area contributed by atoms with E-state index in [0.29, 0.717) is 13.0 Å². The zero-order valence-corrected chi connectivity index (χ0v) is 10.8. The van der Waals surface area contributed by atoms with Gasteiger partial charge in [-0.1, -0.05) is 17.2 Å². The number of pyridine rings is 1. The molecule has 0 aliphatic heterocycles. The summed E-state index contributed by atoms with van der Waals surface area (Å²) in [6.45, 7) is 6.69. The second kappa shape index (κ2) is 6.84. The molecule has 0 atom stereocenters. The van der Waals surface area contributed by atoms with Gasteiger partial charge in [-0.3, -0.25) is 9.78 Å². The Kier molecular flexibility index (Phi) is 5.40. The highest BCUT2D eigenvalue weighted by Gasteiger charge is 2.03. The molecule has 1 heterocycles. The molecule has 17 heavy (non-hydrogen) atoms. The molecule has 1 amide bonds. The molecular weight excluding hydrogens is 212 g/mol. The van der Waals surface area contributed by atoms with Crippen LogP contribution in [0.3, 0.4) is 0 Å². The van der Waals surface area contributed by atoms with Gasteiger partial charge in [0.05, 0.1) is 0 Å². The van der Waals surface area contributed by atoms with Crippen molar-refractivity contribution in [1.82, 2.24) is 10.3 Å². The molecule has 0 saturated heterocycles. The number of aromatic nitrogens is 1. The van der Waals surface area contributed by atoms with Crippen LogP contribution in [0.2, 0.25) is 0 Å². The van der Waals surface area contributed by atoms with E-state index < -0.39 is 0 Å². The molecule has 0 aliphatic rings. The summed E-state index contributed by atoms with van der Waals surface area (Å²) >= 11 is 0. The van der Waals surface area contributed by atoms with Gasteiger partial charge in [-0.05, 0) is 32.9 Å². The van der Waals surface area contributed by atoms with Crippen molar-refractivity contribution in [1.29, 1.82) is 0 Å². The summed E-state index contributed by atoms with van der Waals surface area (Å²) in [7, 11) is 0. The molecule has 3 nitrogen and oxygen atoms in total. The van der Waals surface area contributed by atoms with Crippen LogP contribution >= 0.6 is 0 Å². The van der Waals surface area contributed by atoms with E-state index in [9.17, 15) is 4.79 Å². The fraction of sp³-hybridized carbons (Fsp3) is 0.429. The molecule has 92 valence electrons. The minimum Gasteiger partial charge on any atom is -0.355 e. The molecular formula is C14H20N2O. The van der Waals surface area contributed by atoms with Gasteiger partial charge in [-0.2, -0.15) is 0 Å². The summed E-state index contributed by atoms with van der Waals surface area (Å²) in [5.74, 6) is 0.0830. The van der Waals surface area contributed by atoms with Gasteiger partial charge in [0.2, 0.25) is 5.91 Å². The van der Waals surface area contributed by atoms with Crippen molar-refractivity contribution >= 4 is 5.91 Å². The van der Waals surface area contributed by atoms with Gasteiger partial charge in [0.1, 0.15) is 0 Å². The normalized spacial score (nSPS) is 9.82. The van der Waals surface area contributed by atoms with Crippen LogP contribution in [-0.4, -0.2) is 17.4 Å². The van der Waals surface area contributed by atoms with E-state index in [1.165, 1.54) is 5.57 Å². The Morgan fingerprint density at radius 2 is 2.06 bits per heavy atom. The molecule has 1 N–H and O–H groups in total. The molecule has 0 aromatic carbocycles. The lowest BCUT2D eigenvalue weighted by Crippen LogP contribution is -2.25. The van der Waals surface area contributed by atoms with E-state index in [2.05, 4.69) is 10.3 Å². The van der Waals surface area contributed by atoms with Crippen LogP contribution < -0.4 is 5.32 Å². The van der Waals surface area contributed by atoms with E-state index >= 15 is 0 Å². The first-order chi connectivity index (χ1) is 8.09. The van der Waals surface area contributed by atoms with Crippen molar-refractivity contribution in [2.24, 2.45) is 0 Å². The van der Waals surface area contributed by atoms with Crippen LogP contribution in [0.5, 0.6) is 0 Å². The summed E-state index contributed by atoms with van der Waals surface area (Å²) in [4.78, 5) is 15.8. The zero-order chi connectivity index (χ0) is 12.7. The topological polar surface area (TPSA) is 42.0 Å². The first-order valence-corrected chi connectivity index (χ1v) is 5.89. The molecule has 0 radical (unpaired) electrons. The van der Waals surface area contributed by atoms with Gasteiger partial charge in [-0.15, -0.1) is 0 Å². The molecule has 3 heteroatoms. The molecule has 1 aromatic heterocycles. The standard InChI is InChI=1S/C14H20N2O/c1-11(2)12(3)10-14(17)16-9-7-13-6-4-5-8-15-13/h4-6,8H,7,9-10H2,1-3H3,(H,16,17). The average Bonchev–Trinajstić information content (AvgIpc) is 2.30. The summed E-state index contributed by atoms with van der Waals surface area (Å²) < 4.78 is 0. The van der Waals surface area contributed by atoms with E-state index in [1.54, 1.807) is 6.20 Å². The minimum absolute atomic E-state index is 0.0830. The largest absolute Gasteiger partial charge is 0.355 e. The van der Waals surface area contributed by atoms with Gasteiger partial charge in [0.25, 0.3) is 0 Å². The predicted molar refractivity (Wildman–Crippen MR) is 69.6 cm³/mol. The van der Waals surface area contributed by atoms with E-state index in [0.717, 1.165) is 17.7 Å². The number of rotatable bonds is 5. The maximum atomic E-state index is 11.6. The Labute approximate surface area is 103 Å². The smallest absolute Gasteiger partial charge is 0.224 e. The summed E-state index contributed by atoms with van der Waals surface area (Å²) in [6, 6.07) is 5.81. The van der Waals surface area contributed by atoms with Gasteiger partial charge in [0.15, 0.2) is 0 Å². The lowest BCUT2D eigenvalue weighted by Gasteiger charge is -2.06. The zero-order valence-electron chi connectivity index (χ0n) is 10.8. The number of amides is 1. The number of hydrogen-bond donors (Lipinski definition) is 1. The van der Waals surface area contributed by atoms with Gasteiger partial charge >= 0.3 is 0 Å².